The molecule has 3 aromatic carbocycles. The fourth-order valence-electron chi connectivity index (χ4n) is 6.03. The van der Waals surface area contributed by atoms with Gasteiger partial charge in [0.1, 0.15) is 5.82 Å². The zero-order valence-electron chi connectivity index (χ0n) is 25.3. The van der Waals surface area contributed by atoms with Gasteiger partial charge in [0, 0.05) is 37.3 Å². The zero-order chi connectivity index (χ0) is 30.3. The molecule has 0 radical (unpaired) electrons. The first kappa shape index (κ1) is 29.6. The average molecular weight is 573 g/mol. The average Bonchev–Trinajstić information content (AvgIpc) is 3.16. The van der Waals surface area contributed by atoms with Gasteiger partial charge in [-0.15, -0.1) is 6.58 Å². The van der Waals surface area contributed by atoms with Crippen LogP contribution in [0.1, 0.15) is 43.1 Å². The largest absolute Gasteiger partial charge is 0.354 e. The Balaban J connectivity index is 1.49. The lowest BCUT2D eigenvalue weighted by Gasteiger charge is -2.46. The Morgan fingerprint density at radius 2 is 1.65 bits per heavy atom. The minimum absolute atomic E-state index is 0.0772. The third-order valence-electron chi connectivity index (χ3n) is 7.99. The molecule has 3 aromatic rings. The van der Waals surface area contributed by atoms with E-state index in [-0.39, 0.29) is 17.9 Å². The topological polar surface area (TPSA) is 47.1 Å². The number of ketones is 1. The minimum Gasteiger partial charge on any atom is -0.354 e. The first-order valence-electron chi connectivity index (χ1n) is 15.0. The lowest BCUT2D eigenvalue weighted by Crippen LogP contribution is -2.58. The molecule has 2 aliphatic heterocycles. The Morgan fingerprint density at radius 1 is 0.953 bits per heavy atom. The van der Waals surface area contributed by atoms with E-state index in [2.05, 4.69) is 41.5 Å². The van der Waals surface area contributed by atoms with E-state index in [9.17, 15) is 9.59 Å². The van der Waals surface area contributed by atoms with Crippen molar-refractivity contribution in [2.45, 2.75) is 39.7 Å². The predicted octanol–water partition coefficient (Wildman–Crippen LogP) is 8.09. The number of anilines is 3. The number of urea groups is 1. The van der Waals surface area contributed by atoms with Crippen LogP contribution in [-0.4, -0.2) is 47.3 Å². The number of fused-ring (bicyclic) bond motifs is 2. The molecule has 1 saturated heterocycles. The second-order valence-corrected chi connectivity index (χ2v) is 10.7. The van der Waals surface area contributed by atoms with Crippen molar-refractivity contribution in [3.63, 3.8) is 0 Å². The molecule has 0 spiro atoms. The van der Waals surface area contributed by atoms with Crippen LogP contribution < -0.4 is 9.80 Å². The van der Waals surface area contributed by atoms with E-state index in [4.69, 9.17) is 0 Å². The van der Waals surface area contributed by atoms with Crippen molar-refractivity contribution in [2.75, 3.05) is 29.4 Å². The van der Waals surface area contributed by atoms with Gasteiger partial charge in [0.25, 0.3) is 0 Å². The van der Waals surface area contributed by atoms with Gasteiger partial charge in [-0.25, -0.2) is 4.79 Å². The van der Waals surface area contributed by atoms with E-state index in [0.717, 1.165) is 40.6 Å². The summed E-state index contributed by atoms with van der Waals surface area (Å²) in [5, 5.41) is 0. The smallest absolute Gasteiger partial charge is 0.329 e. The molecule has 0 aliphatic carbocycles. The highest BCUT2D eigenvalue weighted by atomic mass is 16.2. The predicted molar refractivity (Wildman–Crippen MR) is 177 cm³/mol. The molecule has 0 aromatic heterocycles. The molecule has 0 saturated carbocycles. The summed E-state index contributed by atoms with van der Waals surface area (Å²) >= 11 is 0. The molecule has 2 aliphatic rings. The number of Topliss-reactive ketones (excluding diaryl/α,β-unsaturated/α-hetero) is 1. The first-order chi connectivity index (χ1) is 21.0. The van der Waals surface area contributed by atoms with Crippen molar-refractivity contribution in [1.82, 2.24) is 9.80 Å². The van der Waals surface area contributed by atoms with Crippen molar-refractivity contribution >= 4 is 28.9 Å². The molecule has 2 heterocycles. The van der Waals surface area contributed by atoms with Crippen molar-refractivity contribution in [1.29, 1.82) is 0 Å². The Morgan fingerprint density at radius 3 is 2.35 bits per heavy atom. The third-order valence-corrected chi connectivity index (χ3v) is 7.99. The molecule has 0 unspecified atom stereocenters. The van der Waals surface area contributed by atoms with Gasteiger partial charge in [-0.1, -0.05) is 73.7 Å². The SMILES string of the molecule is C=C[C@@H]1CN(C(=CC)N2c3ccccc3CC(=O)c3ccccc32)CCN1C(=O)N(C(/C=C\C)=C/CC)c1ccccc1. The summed E-state index contributed by atoms with van der Waals surface area (Å²) in [6.07, 6.45) is 11.2. The van der Waals surface area contributed by atoms with Gasteiger partial charge in [0.05, 0.1) is 23.1 Å². The van der Waals surface area contributed by atoms with Gasteiger partial charge < -0.3 is 9.80 Å². The van der Waals surface area contributed by atoms with Gasteiger partial charge in [-0.05, 0) is 68.3 Å². The number of carbonyl (C=O) groups excluding carboxylic acids is 2. The quantitative estimate of drug-likeness (QED) is 0.212. The van der Waals surface area contributed by atoms with E-state index in [1.165, 1.54) is 0 Å². The van der Waals surface area contributed by atoms with Gasteiger partial charge in [-0.3, -0.25) is 14.6 Å². The van der Waals surface area contributed by atoms with Crippen LogP contribution in [0.3, 0.4) is 0 Å². The molecule has 5 rings (SSSR count). The maximum atomic E-state index is 14.4. The highest BCUT2D eigenvalue weighted by molar-refractivity contribution is 6.06. The Labute approximate surface area is 255 Å². The third kappa shape index (κ3) is 5.91. The van der Waals surface area contributed by atoms with Crippen molar-refractivity contribution in [3.8, 4) is 0 Å². The number of piperazine rings is 1. The number of hydrogen-bond acceptors (Lipinski definition) is 4. The van der Waals surface area contributed by atoms with Crippen LogP contribution in [0.15, 0.2) is 127 Å². The number of para-hydroxylation sites is 3. The number of amides is 2. The molecule has 0 bridgehead atoms. The highest BCUT2D eigenvalue weighted by Crippen LogP contribution is 2.40. The summed E-state index contributed by atoms with van der Waals surface area (Å²) in [5.74, 6) is 1.09. The molecule has 1 atom stereocenters. The summed E-state index contributed by atoms with van der Waals surface area (Å²) in [7, 11) is 0. The molecule has 6 nitrogen and oxygen atoms in total. The zero-order valence-corrected chi connectivity index (χ0v) is 25.3. The van der Waals surface area contributed by atoms with Crippen LogP contribution in [0.2, 0.25) is 0 Å². The maximum Gasteiger partial charge on any atom is 0.329 e. The molecule has 0 N–H and O–H groups in total. The summed E-state index contributed by atoms with van der Waals surface area (Å²) in [6.45, 7) is 11.9. The molecule has 220 valence electrons. The summed E-state index contributed by atoms with van der Waals surface area (Å²) in [4.78, 5) is 35.9. The Hall–Kier alpha value is -4.84. The van der Waals surface area contributed by atoms with Crippen LogP contribution in [0.4, 0.5) is 21.9 Å². The minimum atomic E-state index is -0.227. The fourth-order valence-corrected chi connectivity index (χ4v) is 6.03. The monoisotopic (exact) mass is 572 g/mol. The number of allylic oxidation sites excluding steroid dienone is 4. The van der Waals surface area contributed by atoms with E-state index in [1.54, 1.807) is 4.90 Å². The van der Waals surface area contributed by atoms with Gasteiger partial charge in [0.15, 0.2) is 5.78 Å². The van der Waals surface area contributed by atoms with Gasteiger partial charge in [-0.2, -0.15) is 0 Å². The van der Waals surface area contributed by atoms with E-state index >= 15 is 0 Å². The normalized spacial score (nSPS) is 17.4. The van der Waals surface area contributed by atoms with Crippen LogP contribution >= 0.6 is 0 Å². The van der Waals surface area contributed by atoms with Crippen molar-refractivity contribution < 1.29 is 9.59 Å². The van der Waals surface area contributed by atoms with E-state index in [0.29, 0.717) is 31.6 Å². The second-order valence-electron chi connectivity index (χ2n) is 10.7. The summed E-state index contributed by atoms with van der Waals surface area (Å²) < 4.78 is 0. The summed E-state index contributed by atoms with van der Waals surface area (Å²) in [5.41, 5.74) is 5.25. The van der Waals surface area contributed by atoms with Gasteiger partial charge in [0.2, 0.25) is 0 Å². The maximum absolute atomic E-state index is 14.4. The lowest BCUT2D eigenvalue weighted by molar-refractivity contribution is 0.0994. The second kappa shape index (κ2) is 13.4. The molecule has 43 heavy (non-hydrogen) atoms. The van der Waals surface area contributed by atoms with Crippen LogP contribution in [0.25, 0.3) is 0 Å². The molecular formula is C37H40N4O2. The number of carbonyl (C=O) groups is 2. The van der Waals surface area contributed by atoms with Crippen LogP contribution in [-0.2, 0) is 6.42 Å². The van der Waals surface area contributed by atoms with Crippen LogP contribution in [0.5, 0.6) is 0 Å². The van der Waals surface area contributed by atoms with Crippen molar-refractivity contribution in [2.24, 2.45) is 0 Å². The van der Waals surface area contributed by atoms with Gasteiger partial charge >= 0.3 is 6.03 Å². The van der Waals surface area contributed by atoms with Crippen molar-refractivity contribution in [3.05, 3.63) is 138 Å². The molecule has 6 heteroatoms. The Bertz CT molecular complexity index is 1570. The van der Waals surface area contributed by atoms with Crippen LogP contribution in [0, 0.1) is 0 Å². The molecule has 1 fully saturated rings. The highest BCUT2D eigenvalue weighted by Gasteiger charge is 2.36. The fraction of sp³-hybridized carbons (Fsp3) is 0.243. The number of benzene rings is 3. The number of rotatable bonds is 7. The summed E-state index contributed by atoms with van der Waals surface area (Å²) in [6, 6.07) is 25.5. The standard InChI is InChI=1S/C37H40N4O2/c1-5-16-30(17-6-2)40(31-19-10-9-11-20-31)37(43)39-25-24-38(27-29(39)7-3)36(8-4)41-33-22-14-12-18-28(33)26-35(42)32-21-13-15-23-34(32)41/h5,7-23,29H,3,6,24-27H2,1-2,4H3/b16-5-,30-17+,36-8?/t29-/m1/s1. The molecule has 2 amide bonds. The Kier molecular flexibility index (Phi) is 9.26. The number of nitrogens with zero attached hydrogens (tertiary/aromatic N) is 4. The molecular weight excluding hydrogens is 532 g/mol. The number of hydrogen-bond donors (Lipinski definition) is 0. The van der Waals surface area contributed by atoms with E-state index in [1.807, 2.05) is 110 Å². The lowest BCUT2D eigenvalue weighted by atomic mass is 10.0. The first-order valence-corrected chi connectivity index (χ1v) is 15.0. The van der Waals surface area contributed by atoms with E-state index < -0.39 is 0 Å².